The Hall–Kier alpha value is -0.780. The van der Waals surface area contributed by atoms with Crippen molar-refractivity contribution in [2.75, 3.05) is 6.54 Å². The first-order valence-electron chi connectivity index (χ1n) is 5.66. The summed E-state index contributed by atoms with van der Waals surface area (Å²) in [6.45, 7) is 5.94. The Bertz CT molecular complexity index is 597. The van der Waals surface area contributed by atoms with E-state index in [1.165, 1.54) is 19.1 Å². The molecule has 0 saturated heterocycles. The molecule has 0 aliphatic rings. The Kier molecular flexibility index (Phi) is 5.24. The fourth-order valence-electron chi connectivity index (χ4n) is 1.44. The molecule has 0 unspecified atom stereocenters. The SMILES string of the molecule is Cc1c(Cl)cc(C(=O)NCC(C)C)cc1S(=O)(=O)Cl. The zero-order valence-corrected chi connectivity index (χ0v) is 13.2. The minimum absolute atomic E-state index is 0.142. The molecule has 0 aliphatic heterocycles. The van der Waals surface area contributed by atoms with E-state index in [1.807, 2.05) is 13.8 Å². The van der Waals surface area contributed by atoms with Gasteiger partial charge < -0.3 is 5.32 Å². The minimum atomic E-state index is -3.94. The van der Waals surface area contributed by atoms with Gasteiger partial charge in [-0.2, -0.15) is 0 Å². The summed E-state index contributed by atoms with van der Waals surface area (Å²) in [5.74, 6) is -0.0849. The van der Waals surface area contributed by atoms with Crippen molar-refractivity contribution in [3.8, 4) is 0 Å². The van der Waals surface area contributed by atoms with E-state index >= 15 is 0 Å². The van der Waals surface area contributed by atoms with Crippen LogP contribution in [0.4, 0.5) is 0 Å². The number of amides is 1. The normalized spacial score (nSPS) is 11.7. The maximum absolute atomic E-state index is 11.9. The third-order valence-electron chi connectivity index (χ3n) is 2.49. The van der Waals surface area contributed by atoms with Gasteiger partial charge in [0.1, 0.15) is 0 Å². The van der Waals surface area contributed by atoms with Gasteiger partial charge in [0.05, 0.1) is 4.90 Å². The maximum atomic E-state index is 11.9. The molecular weight excluding hydrogens is 309 g/mol. The molecule has 0 bridgehead atoms. The van der Waals surface area contributed by atoms with Crippen molar-refractivity contribution in [2.24, 2.45) is 5.92 Å². The van der Waals surface area contributed by atoms with Crippen LogP contribution in [0.1, 0.15) is 29.8 Å². The van der Waals surface area contributed by atoms with Crippen LogP contribution in [0.5, 0.6) is 0 Å². The molecular formula is C12H15Cl2NO3S. The summed E-state index contributed by atoms with van der Waals surface area (Å²) in [5.41, 5.74) is 0.507. The Morgan fingerprint density at radius 3 is 2.42 bits per heavy atom. The van der Waals surface area contributed by atoms with Crippen LogP contribution in [0.15, 0.2) is 17.0 Å². The molecule has 0 spiro atoms. The van der Waals surface area contributed by atoms with Gasteiger partial charge in [-0.05, 0) is 30.5 Å². The van der Waals surface area contributed by atoms with Crippen LogP contribution < -0.4 is 5.32 Å². The van der Waals surface area contributed by atoms with Gasteiger partial charge in [-0.15, -0.1) is 0 Å². The summed E-state index contributed by atoms with van der Waals surface area (Å²) in [6.07, 6.45) is 0. The highest BCUT2D eigenvalue weighted by molar-refractivity contribution is 8.13. The summed E-state index contributed by atoms with van der Waals surface area (Å²) in [6, 6.07) is 2.66. The van der Waals surface area contributed by atoms with Crippen LogP contribution in [0.3, 0.4) is 0 Å². The van der Waals surface area contributed by atoms with Crippen LogP contribution in [-0.4, -0.2) is 20.9 Å². The van der Waals surface area contributed by atoms with Crippen LogP contribution in [0.25, 0.3) is 0 Å². The Morgan fingerprint density at radius 2 is 1.95 bits per heavy atom. The molecule has 0 aromatic heterocycles. The summed E-state index contributed by atoms with van der Waals surface area (Å²) in [7, 11) is 1.39. The lowest BCUT2D eigenvalue weighted by molar-refractivity contribution is 0.0949. The first-order valence-corrected chi connectivity index (χ1v) is 8.34. The fraction of sp³-hybridized carbons (Fsp3) is 0.417. The van der Waals surface area contributed by atoms with E-state index < -0.39 is 9.05 Å². The Morgan fingerprint density at radius 1 is 1.37 bits per heavy atom. The molecule has 1 N–H and O–H groups in total. The smallest absolute Gasteiger partial charge is 0.261 e. The van der Waals surface area contributed by atoms with E-state index in [0.29, 0.717) is 18.0 Å². The standard InChI is InChI=1S/C12H15Cl2NO3S/c1-7(2)6-15-12(16)9-4-10(13)8(3)11(5-9)19(14,17)18/h4-5,7H,6H2,1-3H3,(H,15,16). The molecule has 0 fully saturated rings. The predicted molar refractivity (Wildman–Crippen MR) is 76.4 cm³/mol. The summed E-state index contributed by atoms with van der Waals surface area (Å²) in [5, 5.41) is 2.88. The molecule has 0 radical (unpaired) electrons. The van der Waals surface area contributed by atoms with Crippen LogP contribution >= 0.6 is 22.3 Å². The van der Waals surface area contributed by atoms with Gasteiger partial charge >= 0.3 is 0 Å². The lowest BCUT2D eigenvalue weighted by atomic mass is 10.1. The van der Waals surface area contributed by atoms with Gasteiger partial charge in [0.25, 0.3) is 15.0 Å². The number of hydrogen-bond acceptors (Lipinski definition) is 3. The molecule has 4 nitrogen and oxygen atoms in total. The van der Waals surface area contributed by atoms with Crippen molar-refractivity contribution in [2.45, 2.75) is 25.7 Å². The van der Waals surface area contributed by atoms with Gasteiger partial charge in [0, 0.05) is 27.8 Å². The first-order chi connectivity index (χ1) is 8.62. The second-order valence-electron chi connectivity index (χ2n) is 4.62. The first kappa shape index (κ1) is 16.3. The van der Waals surface area contributed by atoms with Crippen molar-refractivity contribution in [1.29, 1.82) is 0 Å². The number of halogens is 2. The van der Waals surface area contributed by atoms with Crippen LogP contribution in [-0.2, 0) is 9.05 Å². The number of carbonyl (C=O) groups excluding carboxylic acids is 1. The average Bonchev–Trinajstić information content (AvgIpc) is 2.27. The summed E-state index contributed by atoms with van der Waals surface area (Å²) in [4.78, 5) is 11.7. The van der Waals surface area contributed by atoms with E-state index in [-0.39, 0.29) is 21.4 Å². The molecule has 19 heavy (non-hydrogen) atoms. The van der Waals surface area contributed by atoms with Gasteiger partial charge in [-0.3, -0.25) is 4.79 Å². The zero-order valence-electron chi connectivity index (χ0n) is 10.8. The second-order valence-corrected chi connectivity index (χ2v) is 7.56. The number of rotatable bonds is 4. The van der Waals surface area contributed by atoms with Crippen molar-refractivity contribution in [3.05, 3.63) is 28.3 Å². The van der Waals surface area contributed by atoms with E-state index in [0.717, 1.165) is 0 Å². The van der Waals surface area contributed by atoms with E-state index in [4.69, 9.17) is 22.3 Å². The number of carbonyl (C=O) groups is 1. The van der Waals surface area contributed by atoms with Crippen LogP contribution in [0, 0.1) is 12.8 Å². The van der Waals surface area contributed by atoms with Crippen molar-refractivity contribution in [3.63, 3.8) is 0 Å². The number of benzene rings is 1. The third kappa shape index (κ3) is 4.37. The molecule has 0 atom stereocenters. The highest BCUT2D eigenvalue weighted by atomic mass is 35.7. The lowest BCUT2D eigenvalue weighted by Gasteiger charge is -2.10. The van der Waals surface area contributed by atoms with Crippen molar-refractivity contribution >= 4 is 37.2 Å². The van der Waals surface area contributed by atoms with Crippen molar-refractivity contribution < 1.29 is 13.2 Å². The highest BCUT2D eigenvalue weighted by Crippen LogP contribution is 2.27. The van der Waals surface area contributed by atoms with Crippen molar-refractivity contribution in [1.82, 2.24) is 5.32 Å². The van der Waals surface area contributed by atoms with Gasteiger partial charge in [0.15, 0.2) is 0 Å². The monoisotopic (exact) mass is 323 g/mol. The van der Waals surface area contributed by atoms with E-state index in [2.05, 4.69) is 5.32 Å². The Labute approximate surface area is 122 Å². The quantitative estimate of drug-likeness (QED) is 0.866. The molecule has 7 heteroatoms. The highest BCUT2D eigenvalue weighted by Gasteiger charge is 2.19. The fourth-order valence-corrected chi connectivity index (χ4v) is 2.94. The topological polar surface area (TPSA) is 63.2 Å². The number of nitrogens with one attached hydrogen (secondary N) is 1. The van der Waals surface area contributed by atoms with Gasteiger partial charge in [-0.25, -0.2) is 8.42 Å². The number of hydrogen-bond donors (Lipinski definition) is 1. The molecule has 1 aromatic rings. The molecule has 1 rings (SSSR count). The van der Waals surface area contributed by atoms with Crippen LogP contribution in [0.2, 0.25) is 5.02 Å². The maximum Gasteiger partial charge on any atom is 0.261 e. The summed E-state index contributed by atoms with van der Waals surface area (Å²) >= 11 is 5.93. The molecule has 106 valence electrons. The van der Waals surface area contributed by atoms with E-state index in [1.54, 1.807) is 0 Å². The zero-order chi connectivity index (χ0) is 14.8. The minimum Gasteiger partial charge on any atom is -0.352 e. The molecule has 1 amide bonds. The largest absolute Gasteiger partial charge is 0.352 e. The molecule has 1 aromatic carbocycles. The predicted octanol–water partition coefficient (Wildman–Crippen LogP) is 2.96. The summed E-state index contributed by atoms with van der Waals surface area (Å²) < 4.78 is 22.8. The third-order valence-corrected chi connectivity index (χ3v) is 4.33. The molecule has 0 saturated carbocycles. The lowest BCUT2D eigenvalue weighted by Crippen LogP contribution is -2.27. The van der Waals surface area contributed by atoms with Gasteiger partial charge in [0.2, 0.25) is 0 Å². The average molecular weight is 324 g/mol. The van der Waals surface area contributed by atoms with E-state index in [9.17, 15) is 13.2 Å². The molecule has 0 heterocycles. The molecule has 0 aliphatic carbocycles. The Balaban J connectivity index is 3.18. The van der Waals surface area contributed by atoms with Gasteiger partial charge in [-0.1, -0.05) is 25.4 Å². The second kappa shape index (κ2) is 6.11.